The van der Waals surface area contributed by atoms with E-state index in [1.165, 1.54) is 6.92 Å². The van der Waals surface area contributed by atoms with E-state index in [1.807, 2.05) is 13.0 Å². The number of hydrogen-bond donors (Lipinski definition) is 0. The fourth-order valence-electron chi connectivity index (χ4n) is 0.843. The second kappa shape index (κ2) is 5.81. The predicted octanol–water partition coefficient (Wildman–Crippen LogP) is 2.54. The van der Waals surface area contributed by atoms with Gasteiger partial charge in [0.1, 0.15) is 6.10 Å². The molecule has 0 N–H and O–H groups in total. The lowest BCUT2D eigenvalue weighted by molar-refractivity contribution is -0.143. The topological polar surface area (TPSA) is 26.3 Å². The molecule has 2 nitrogen and oxygen atoms in total. The first-order valence-electron chi connectivity index (χ1n) is 4.36. The highest BCUT2D eigenvalue weighted by Gasteiger charge is 1.99. The molecule has 1 unspecified atom stereocenters. The average Bonchev–Trinajstić information content (AvgIpc) is 1.84. The van der Waals surface area contributed by atoms with Gasteiger partial charge in [-0.1, -0.05) is 19.9 Å². The summed E-state index contributed by atoms with van der Waals surface area (Å²) in [6, 6.07) is 0. The number of rotatable bonds is 4. The molecule has 0 saturated heterocycles. The highest BCUT2D eigenvalue weighted by atomic mass is 16.5. The highest BCUT2D eigenvalue weighted by Crippen LogP contribution is 2.02. The third-order valence-electron chi connectivity index (χ3n) is 1.37. The molecule has 0 rings (SSSR count). The van der Waals surface area contributed by atoms with E-state index >= 15 is 0 Å². The third-order valence-corrected chi connectivity index (χ3v) is 1.37. The molecule has 0 aromatic carbocycles. The van der Waals surface area contributed by atoms with Crippen molar-refractivity contribution in [2.45, 2.75) is 40.2 Å². The summed E-state index contributed by atoms with van der Waals surface area (Å²) in [5, 5.41) is 0. The molecule has 0 radical (unpaired) electrons. The lowest BCUT2D eigenvalue weighted by Crippen LogP contribution is -2.08. The summed E-state index contributed by atoms with van der Waals surface area (Å²) in [7, 11) is 0. The Morgan fingerprint density at radius 2 is 2.00 bits per heavy atom. The molecule has 0 aliphatic carbocycles. The number of hydrogen-bond acceptors (Lipinski definition) is 2. The van der Waals surface area contributed by atoms with Crippen molar-refractivity contribution < 1.29 is 9.53 Å². The maximum absolute atomic E-state index is 10.5. The fourth-order valence-corrected chi connectivity index (χ4v) is 0.843. The molecule has 0 saturated carbocycles. The Balaban J connectivity index is 3.60. The largest absolute Gasteiger partial charge is 0.459 e. The van der Waals surface area contributed by atoms with Gasteiger partial charge in [0.2, 0.25) is 0 Å². The van der Waals surface area contributed by atoms with Crippen LogP contribution in [0.25, 0.3) is 0 Å². The first kappa shape index (κ1) is 11.2. The summed E-state index contributed by atoms with van der Waals surface area (Å²) in [6.07, 6.45) is 4.91. The van der Waals surface area contributed by atoms with Crippen molar-refractivity contribution >= 4 is 5.97 Å². The summed E-state index contributed by atoms with van der Waals surface area (Å²) in [4.78, 5) is 10.5. The van der Waals surface area contributed by atoms with Gasteiger partial charge in [0.05, 0.1) is 0 Å². The predicted molar refractivity (Wildman–Crippen MR) is 49.8 cm³/mol. The van der Waals surface area contributed by atoms with E-state index in [4.69, 9.17) is 4.74 Å². The van der Waals surface area contributed by atoms with Crippen molar-refractivity contribution in [1.82, 2.24) is 0 Å². The van der Waals surface area contributed by atoms with Crippen LogP contribution in [-0.4, -0.2) is 12.1 Å². The monoisotopic (exact) mass is 170 g/mol. The molecule has 0 fully saturated rings. The number of allylic oxidation sites excluding steroid dienone is 1. The Hall–Kier alpha value is -0.790. The van der Waals surface area contributed by atoms with Crippen LogP contribution in [-0.2, 0) is 9.53 Å². The van der Waals surface area contributed by atoms with Gasteiger partial charge < -0.3 is 4.74 Å². The van der Waals surface area contributed by atoms with Gasteiger partial charge in [0, 0.05) is 6.92 Å². The number of carbonyl (C=O) groups excluding carboxylic acids is 1. The quantitative estimate of drug-likeness (QED) is 0.478. The van der Waals surface area contributed by atoms with Crippen molar-refractivity contribution in [2.75, 3.05) is 0 Å². The second-order valence-corrected chi connectivity index (χ2v) is 3.37. The van der Waals surface area contributed by atoms with Crippen LogP contribution in [0.5, 0.6) is 0 Å². The van der Waals surface area contributed by atoms with E-state index in [0.29, 0.717) is 5.92 Å². The van der Waals surface area contributed by atoms with Gasteiger partial charge >= 0.3 is 5.97 Å². The van der Waals surface area contributed by atoms with Crippen LogP contribution in [0.3, 0.4) is 0 Å². The molecule has 0 amide bonds. The summed E-state index contributed by atoms with van der Waals surface area (Å²) in [6.45, 7) is 7.59. The van der Waals surface area contributed by atoms with Gasteiger partial charge in [0.25, 0.3) is 0 Å². The Morgan fingerprint density at radius 3 is 2.42 bits per heavy atom. The molecule has 70 valence electrons. The Kier molecular flexibility index (Phi) is 5.43. The maximum Gasteiger partial charge on any atom is 0.303 e. The van der Waals surface area contributed by atoms with Crippen LogP contribution < -0.4 is 0 Å². The van der Waals surface area contributed by atoms with Crippen LogP contribution in [0.15, 0.2) is 12.2 Å². The van der Waals surface area contributed by atoms with E-state index in [9.17, 15) is 4.79 Å². The summed E-state index contributed by atoms with van der Waals surface area (Å²) < 4.78 is 4.91. The van der Waals surface area contributed by atoms with Gasteiger partial charge in [-0.05, 0) is 25.3 Å². The van der Waals surface area contributed by atoms with E-state index in [2.05, 4.69) is 19.9 Å². The first-order valence-corrected chi connectivity index (χ1v) is 4.36. The molecular formula is C10H18O2. The van der Waals surface area contributed by atoms with Gasteiger partial charge in [-0.15, -0.1) is 0 Å². The average molecular weight is 170 g/mol. The van der Waals surface area contributed by atoms with Crippen molar-refractivity contribution in [3.63, 3.8) is 0 Å². The molecular weight excluding hydrogens is 152 g/mol. The highest BCUT2D eigenvalue weighted by molar-refractivity contribution is 5.66. The van der Waals surface area contributed by atoms with Gasteiger partial charge in [0.15, 0.2) is 0 Å². The number of carbonyl (C=O) groups is 1. The Bertz CT molecular complexity index is 159. The molecule has 0 aliphatic heterocycles. The molecule has 1 atom stereocenters. The van der Waals surface area contributed by atoms with E-state index in [-0.39, 0.29) is 12.1 Å². The van der Waals surface area contributed by atoms with Crippen LogP contribution in [0.2, 0.25) is 0 Å². The molecule has 2 heteroatoms. The zero-order valence-electron chi connectivity index (χ0n) is 8.33. The molecule has 0 aliphatic rings. The first-order chi connectivity index (χ1) is 5.52. The third kappa shape index (κ3) is 7.32. The van der Waals surface area contributed by atoms with Gasteiger partial charge in [-0.25, -0.2) is 0 Å². The zero-order valence-corrected chi connectivity index (χ0v) is 8.33. The number of esters is 1. The van der Waals surface area contributed by atoms with Crippen LogP contribution in [0.4, 0.5) is 0 Å². The van der Waals surface area contributed by atoms with Crippen molar-refractivity contribution in [2.24, 2.45) is 5.92 Å². The summed E-state index contributed by atoms with van der Waals surface area (Å²) in [5.41, 5.74) is 0. The maximum atomic E-state index is 10.5. The van der Waals surface area contributed by atoms with Crippen LogP contribution in [0, 0.1) is 5.92 Å². The van der Waals surface area contributed by atoms with E-state index < -0.39 is 0 Å². The van der Waals surface area contributed by atoms with Gasteiger partial charge in [-0.2, -0.15) is 0 Å². The molecule has 0 aromatic rings. The molecule has 0 heterocycles. The Morgan fingerprint density at radius 1 is 1.42 bits per heavy atom. The van der Waals surface area contributed by atoms with Crippen molar-refractivity contribution in [1.29, 1.82) is 0 Å². The minimum Gasteiger partial charge on any atom is -0.459 e. The van der Waals surface area contributed by atoms with Crippen molar-refractivity contribution in [3.05, 3.63) is 12.2 Å². The van der Waals surface area contributed by atoms with E-state index in [0.717, 1.165) is 6.42 Å². The fraction of sp³-hybridized carbons (Fsp3) is 0.700. The van der Waals surface area contributed by atoms with Crippen LogP contribution >= 0.6 is 0 Å². The standard InChI is InChI=1S/C10H18O2/c1-8(2)6-5-7-9(3)12-10(4)11/h5,7-9H,6H2,1-4H3/b7-5+. The van der Waals surface area contributed by atoms with Crippen LogP contribution in [0.1, 0.15) is 34.1 Å². The normalized spacial score (nSPS) is 13.8. The SMILES string of the molecule is CC(=O)OC(C)/C=C/CC(C)C. The molecule has 12 heavy (non-hydrogen) atoms. The molecule has 0 spiro atoms. The Labute approximate surface area is 74.6 Å². The summed E-state index contributed by atoms with van der Waals surface area (Å²) >= 11 is 0. The van der Waals surface area contributed by atoms with Crippen molar-refractivity contribution in [3.8, 4) is 0 Å². The zero-order chi connectivity index (χ0) is 9.56. The van der Waals surface area contributed by atoms with E-state index in [1.54, 1.807) is 0 Å². The lowest BCUT2D eigenvalue weighted by Gasteiger charge is -2.06. The lowest BCUT2D eigenvalue weighted by atomic mass is 10.1. The summed E-state index contributed by atoms with van der Waals surface area (Å²) in [5.74, 6) is 0.433. The smallest absolute Gasteiger partial charge is 0.303 e. The second-order valence-electron chi connectivity index (χ2n) is 3.37. The molecule has 0 bridgehead atoms. The number of ether oxygens (including phenoxy) is 1. The minimum atomic E-state index is -0.225. The van der Waals surface area contributed by atoms with Gasteiger partial charge in [-0.3, -0.25) is 4.79 Å². The molecule has 0 aromatic heterocycles. The minimum absolute atomic E-state index is 0.0961.